The minimum absolute atomic E-state index is 0.234. The van der Waals surface area contributed by atoms with Crippen LogP contribution in [0.25, 0.3) is 6.08 Å². The molecule has 0 aliphatic carbocycles. The Morgan fingerprint density at radius 3 is 2.59 bits per heavy atom. The van der Waals surface area contributed by atoms with Gasteiger partial charge in [-0.05, 0) is 24.6 Å². The fourth-order valence-corrected chi connectivity index (χ4v) is 1.73. The molecule has 0 atom stereocenters. The van der Waals surface area contributed by atoms with Crippen LogP contribution in [0.3, 0.4) is 0 Å². The summed E-state index contributed by atoms with van der Waals surface area (Å²) in [5, 5.41) is 2.69. The number of methoxy groups -OCH3 is 3. The zero-order valence-electron chi connectivity index (χ0n) is 13.0. The van der Waals surface area contributed by atoms with Crippen molar-refractivity contribution in [3.05, 3.63) is 29.8 Å². The van der Waals surface area contributed by atoms with Gasteiger partial charge in [0.15, 0.2) is 0 Å². The van der Waals surface area contributed by atoms with E-state index in [9.17, 15) is 9.59 Å². The largest absolute Gasteiger partial charge is 0.497 e. The summed E-state index contributed by atoms with van der Waals surface area (Å²) in [4.78, 5) is 22.6. The first kappa shape index (κ1) is 17.6. The molecular weight excluding hydrogens is 286 g/mol. The lowest BCUT2D eigenvalue weighted by atomic mass is 10.1. The molecule has 0 aromatic heterocycles. The van der Waals surface area contributed by atoms with E-state index >= 15 is 0 Å². The van der Waals surface area contributed by atoms with Crippen molar-refractivity contribution in [1.82, 2.24) is 5.32 Å². The summed E-state index contributed by atoms with van der Waals surface area (Å²) in [6.07, 6.45) is 3.90. The number of rotatable bonds is 8. The molecule has 0 heterocycles. The molecule has 0 aliphatic rings. The Balaban J connectivity index is 2.50. The molecule has 0 saturated carbocycles. The second-order valence-electron chi connectivity index (χ2n) is 4.41. The van der Waals surface area contributed by atoms with Crippen molar-refractivity contribution in [3.8, 4) is 11.5 Å². The van der Waals surface area contributed by atoms with E-state index in [0.29, 0.717) is 24.5 Å². The number of benzene rings is 1. The molecular formula is C16H21NO5. The molecule has 0 unspecified atom stereocenters. The van der Waals surface area contributed by atoms with Gasteiger partial charge in [-0.1, -0.05) is 0 Å². The molecule has 0 spiro atoms. The van der Waals surface area contributed by atoms with Crippen LogP contribution in [0, 0.1) is 0 Å². The molecule has 0 saturated heterocycles. The molecule has 6 nitrogen and oxygen atoms in total. The standard InChI is InChI=1S/C16H21NO5/c1-20-13-8-6-12(14(11-13)21-2)7-9-15(18)17-10-4-5-16(19)22-3/h6-9,11H,4-5,10H2,1-3H3,(H,17,18)/b9-7+. The molecule has 0 aliphatic heterocycles. The van der Waals surface area contributed by atoms with E-state index in [0.717, 1.165) is 5.56 Å². The van der Waals surface area contributed by atoms with Crippen LogP contribution in [-0.2, 0) is 14.3 Å². The fourth-order valence-electron chi connectivity index (χ4n) is 1.73. The SMILES string of the molecule is COC(=O)CCCNC(=O)/C=C/c1ccc(OC)cc1OC. The molecule has 22 heavy (non-hydrogen) atoms. The van der Waals surface area contributed by atoms with Crippen LogP contribution >= 0.6 is 0 Å². The quantitative estimate of drug-likeness (QED) is 0.450. The molecule has 0 fully saturated rings. The van der Waals surface area contributed by atoms with Gasteiger partial charge >= 0.3 is 5.97 Å². The van der Waals surface area contributed by atoms with Gasteiger partial charge in [0.1, 0.15) is 11.5 Å². The van der Waals surface area contributed by atoms with Gasteiger partial charge in [0.25, 0.3) is 0 Å². The summed E-state index contributed by atoms with van der Waals surface area (Å²) in [6.45, 7) is 0.415. The van der Waals surface area contributed by atoms with Crippen LogP contribution in [0.15, 0.2) is 24.3 Å². The van der Waals surface area contributed by atoms with Crippen LogP contribution in [0.5, 0.6) is 11.5 Å². The first-order valence-corrected chi connectivity index (χ1v) is 6.85. The van der Waals surface area contributed by atoms with Crippen molar-refractivity contribution in [1.29, 1.82) is 0 Å². The van der Waals surface area contributed by atoms with Gasteiger partial charge in [-0.25, -0.2) is 0 Å². The van der Waals surface area contributed by atoms with Crippen molar-refractivity contribution < 1.29 is 23.8 Å². The Morgan fingerprint density at radius 2 is 1.95 bits per heavy atom. The zero-order chi connectivity index (χ0) is 16.4. The molecule has 1 N–H and O–H groups in total. The van der Waals surface area contributed by atoms with Crippen molar-refractivity contribution in [2.45, 2.75) is 12.8 Å². The van der Waals surface area contributed by atoms with Gasteiger partial charge in [-0.15, -0.1) is 0 Å². The van der Waals surface area contributed by atoms with E-state index in [4.69, 9.17) is 9.47 Å². The van der Waals surface area contributed by atoms with Crippen molar-refractivity contribution in [2.75, 3.05) is 27.9 Å². The van der Waals surface area contributed by atoms with E-state index in [2.05, 4.69) is 10.1 Å². The maximum absolute atomic E-state index is 11.7. The van der Waals surface area contributed by atoms with Crippen molar-refractivity contribution in [2.24, 2.45) is 0 Å². The molecule has 0 bridgehead atoms. The molecule has 6 heteroatoms. The highest BCUT2D eigenvalue weighted by Gasteiger charge is 2.03. The summed E-state index contributed by atoms with van der Waals surface area (Å²) in [6, 6.07) is 5.34. The first-order valence-electron chi connectivity index (χ1n) is 6.85. The summed E-state index contributed by atoms with van der Waals surface area (Å²) in [5.74, 6) is 0.783. The average molecular weight is 307 g/mol. The summed E-state index contributed by atoms with van der Waals surface area (Å²) < 4.78 is 14.9. The van der Waals surface area contributed by atoms with Gasteiger partial charge in [-0.2, -0.15) is 0 Å². The predicted octanol–water partition coefficient (Wildman–Crippen LogP) is 1.79. The molecule has 120 valence electrons. The van der Waals surface area contributed by atoms with Gasteiger partial charge in [0.05, 0.1) is 21.3 Å². The second-order valence-corrected chi connectivity index (χ2v) is 4.41. The third-order valence-corrected chi connectivity index (χ3v) is 2.94. The molecule has 1 aromatic carbocycles. The minimum Gasteiger partial charge on any atom is -0.497 e. The number of carbonyl (C=O) groups excluding carboxylic acids is 2. The van der Waals surface area contributed by atoms with E-state index in [1.807, 2.05) is 0 Å². The molecule has 0 radical (unpaired) electrons. The number of carbonyl (C=O) groups is 2. The van der Waals surface area contributed by atoms with Crippen molar-refractivity contribution >= 4 is 18.0 Å². The number of amides is 1. The van der Waals surface area contributed by atoms with Crippen LogP contribution < -0.4 is 14.8 Å². The Morgan fingerprint density at radius 1 is 1.18 bits per heavy atom. The Bertz CT molecular complexity index is 539. The molecule has 1 amide bonds. The summed E-state index contributed by atoms with van der Waals surface area (Å²) in [7, 11) is 4.47. The predicted molar refractivity (Wildman–Crippen MR) is 82.8 cm³/mol. The zero-order valence-corrected chi connectivity index (χ0v) is 13.0. The number of ether oxygens (including phenoxy) is 3. The molecule has 1 rings (SSSR count). The van der Waals surface area contributed by atoms with E-state index in [1.54, 1.807) is 38.5 Å². The summed E-state index contributed by atoms with van der Waals surface area (Å²) in [5.41, 5.74) is 0.771. The number of hydrogen-bond acceptors (Lipinski definition) is 5. The Hall–Kier alpha value is -2.50. The first-order chi connectivity index (χ1) is 10.6. The lowest BCUT2D eigenvalue weighted by Gasteiger charge is -2.07. The normalized spacial score (nSPS) is 10.3. The smallest absolute Gasteiger partial charge is 0.305 e. The highest BCUT2D eigenvalue weighted by atomic mass is 16.5. The second kappa shape index (κ2) is 9.44. The van der Waals surface area contributed by atoms with E-state index < -0.39 is 0 Å². The number of esters is 1. The van der Waals surface area contributed by atoms with E-state index in [-0.39, 0.29) is 18.3 Å². The maximum Gasteiger partial charge on any atom is 0.305 e. The third kappa shape index (κ3) is 5.87. The lowest BCUT2D eigenvalue weighted by Crippen LogP contribution is -2.22. The average Bonchev–Trinajstić information content (AvgIpc) is 2.56. The van der Waals surface area contributed by atoms with Gasteiger partial charge in [0, 0.05) is 30.7 Å². The molecule has 1 aromatic rings. The Labute approximate surface area is 130 Å². The fraction of sp³-hybridized carbons (Fsp3) is 0.375. The van der Waals surface area contributed by atoms with Gasteiger partial charge in [0.2, 0.25) is 5.91 Å². The maximum atomic E-state index is 11.7. The highest BCUT2D eigenvalue weighted by Crippen LogP contribution is 2.25. The van der Waals surface area contributed by atoms with E-state index in [1.165, 1.54) is 13.2 Å². The van der Waals surface area contributed by atoms with Gasteiger partial charge in [-0.3, -0.25) is 9.59 Å². The van der Waals surface area contributed by atoms with Crippen LogP contribution in [0.2, 0.25) is 0 Å². The van der Waals surface area contributed by atoms with Crippen molar-refractivity contribution in [3.63, 3.8) is 0 Å². The van der Waals surface area contributed by atoms with Crippen LogP contribution in [-0.4, -0.2) is 39.8 Å². The van der Waals surface area contributed by atoms with Gasteiger partial charge < -0.3 is 19.5 Å². The lowest BCUT2D eigenvalue weighted by molar-refractivity contribution is -0.140. The highest BCUT2D eigenvalue weighted by molar-refractivity contribution is 5.92. The summed E-state index contributed by atoms with van der Waals surface area (Å²) >= 11 is 0. The monoisotopic (exact) mass is 307 g/mol. The van der Waals surface area contributed by atoms with Crippen LogP contribution in [0.4, 0.5) is 0 Å². The number of nitrogens with one attached hydrogen (secondary N) is 1. The van der Waals surface area contributed by atoms with Crippen LogP contribution in [0.1, 0.15) is 18.4 Å². The third-order valence-electron chi connectivity index (χ3n) is 2.94. The topological polar surface area (TPSA) is 73.9 Å². The minimum atomic E-state index is -0.284. The Kier molecular flexibility index (Phi) is 7.53. The number of hydrogen-bond donors (Lipinski definition) is 1.